The van der Waals surface area contributed by atoms with Crippen LogP contribution in [0.25, 0.3) is 0 Å². The largest absolute Gasteiger partial charge is 0.352 e. The highest BCUT2D eigenvalue weighted by Gasteiger charge is 2.29. The number of primary amides is 1. The highest BCUT2D eigenvalue weighted by molar-refractivity contribution is 5.72. The summed E-state index contributed by atoms with van der Waals surface area (Å²) in [6.07, 6.45) is 0. The van der Waals surface area contributed by atoms with Crippen molar-refractivity contribution >= 4 is 6.03 Å². The maximum absolute atomic E-state index is 10.9. The van der Waals surface area contributed by atoms with Gasteiger partial charge < -0.3 is 11.1 Å². The van der Waals surface area contributed by atoms with Gasteiger partial charge in [-0.05, 0) is 11.5 Å². The van der Waals surface area contributed by atoms with Gasteiger partial charge in [-0.1, -0.05) is 37.3 Å². The molecular weight excluding hydrogens is 214 g/mol. The van der Waals surface area contributed by atoms with E-state index >= 15 is 0 Å². The molecule has 1 aliphatic heterocycles. The summed E-state index contributed by atoms with van der Waals surface area (Å²) in [5, 5.41) is 2.80. The molecule has 1 aromatic carbocycles. The van der Waals surface area contributed by atoms with Gasteiger partial charge in [0.1, 0.15) is 0 Å². The third-order valence-electron chi connectivity index (χ3n) is 3.26. The van der Waals surface area contributed by atoms with E-state index in [9.17, 15) is 4.79 Å². The lowest BCUT2D eigenvalue weighted by Gasteiger charge is -2.16. The number of hydrogen-bond acceptors (Lipinski definition) is 2. The van der Waals surface area contributed by atoms with Crippen LogP contribution in [-0.2, 0) is 6.54 Å². The Morgan fingerprint density at radius 3 is 2.76 bits per heavy atom. The zero-order chi connectivity index (χ0) is 12.3. The number of likely N-dealkylation sites (tertiary alicyclic amines) is 1. The number of carbonyl (C=O) groups excluding carboxylic acids is 1. The normalized spacial score (nSPS) is 24.8. The Balaban J connectivity index is 1.91. The van der Waals surface area contributed by atoms with Crippen LogP contribution in [0.15, 0.2) is 30.3 Å². The fraction of sp³-hybridized carbons (Fsp3) is 0.462. The molecule has 1 fully saturated rings. The summed E-state index contributed by atoms with van der Waals surface area (Å²) in [6.45, 7) is 4.95. The number of rotatable bonds is 3. The van der Waals surface area contributed by atoms with Crippen LogP contribution in [-0.4, -0.2) is 30.1 Å². The number of nitrogens with one attached hydrogen (secondary N) is 1. The second-order valence-electron chi connectivity index (χ2n) is 4.77. The molecule has 2 rings (SSSR count). The predicted molar refractivity (Wildman–Crippen MR) is 67.4 cm³/mol. The summed E-state index contributed by atoms with van der Waals surface area (Å²) in [5.41, 5.74) is 6.47. The molecule has 1 aromatic rings. The van der Waals surface area contributed by atoms with Crippen LogP contribution in [0.2, 0.25) is 0 Å². The number of benzene rings is 1. The fourth-order valence-electron chi connectivity index (χ4n) is 2.41. The zero-order valence-corrected chi connectivity index (χ0v) is 10.1. The second-order valence-corrected chi connectivity index (χ2v) is 4.77. The summed E-state index contributed by atoms with van der Waals surface area (Å²) < 4.78 is 0. The fourth-order valence-corrected chi connectivity index (χ4v) is 2.41. The molecule has 4 nitrogen and oxygen atoms in total. The van der Waals surface area contributed by atoms with Crippen molar-refractivity contribution in [1.29, 1.82) is 0 Å². The minimum Gasteiger partial charge on any atom is -0.352 e. The second kappa shape index (κ2) is 5.19. The highest BCUT2D eigenvalue weighted by atomic mass is 16.2. The van der Waals surface area contributed by atoms with Crippen LogP contribution >= 0.6 is 0 Å². The van der Waals surface area contributed by atoms with Gasteiger partial charge in [-0.25, -0.2) is 4.79 Å². The van der Waals surface area contributed by atoms with Gasteiger partial charge in [0.2, 0.25) is 0 Å². The smallest absolute Gasteiger partial charge is 0.312 e. The Hall–Kier alpha value is -1.55. The predicted octanol–water partition coefficient (Wildman–Crippen LogP) is 1.18. The number of amides is 2. The third-order valence-corrected chi connectivity index (χ3v) is 3.26. The molecule has 2 amide bonds. The molecule has 0 aliphatic carbocycles. The Morgan fingerprint density at radius 2 is 2.12 bits per heavy atom. The average Bonchev–Trinajstić information content (AvgIpc) is 2.59. The summed E-state index contributed by atoms with van der Waals surface area (Å²) in [6, 6.07) is 10.1. The van der Waals surface area contributed by atoms with Gasteiger partial charge in [-0.3, -0.25) is 4.90 Å². The van der Waals surface area contributed by atoms with Crippen LogP contribution in [0.5, 0.6) is 0 Å². The Kier molecular flexibility index (Phi) is 3.64. The Labute approximate surface area is 102 Å². The molecule has 1 heterocycles. The molecule has 1 saturated heterocycles. The van der Waals surface area contributed by atoms with E-state index in [0.29, 0.717) is 5.92 Å². The number of nitrogens with zero attached hydrogens (tertiary/aromatic N) is 1. The van der Waals surface area contributed by atoms with E-state index < -0.39 is 6.03 Å². The number of carbonyl (C=O) groups is 1. The maximum Gasteiger partial charge on any atom is 0.312 e. The van der Waals surface area contributed by atoms with Gasteiger partial charge in [-0.15, -0.1) is 0 Å². The quantitative estimate of drug-likeness (QED) is 0.823. The number of urea groups is 1. The highest BCUT2D eigenvalue weighted by Crippen LogP contribution is 2.18. The van der Waals surface area contributed by atoms with Crippen LogP contribution < -0.4 is 11.1 Å². The molecule has 92 valence electrons. The van der Waals surface area contributed by atoms with Crippen molar-refractivity contribution < 1.29 is 4.79 Å². The molecule has 0 spiro atoms. The number of hydrogen-bond donors (Lipinski definition) is 2. The molecule has 4 heteroatoms. The van der Waals surface area contributed by atoms with Gasteiger partial charge in [0.15, 0.2) is 0 Å². The monoisotopic (exact) mass is 233 g/mol. The van der Waals surface area contributed by atoms with Crippen LogP contribution in [0.4, 0.5) is 4.79 Å². The van der Waals surface area contributed by atoms with Crippen molar-refractivity contribution in [2.75, 3.05) is 13.1 Å². The molecular formula is C13H19N3O. The first kappa shape index (κ1) is 11.9. The molecule has 0 aromatic heterocycles. The van der Waals surface area contributed by atoms with Crippen molar-refractivity contribution in [3.63, 3.8) is 0 Å². The van der Waals surface area contributed by atoms with Crippen molar-refractivity contribution in [3.8, 4) is 0 Å². The van der Waals surface area contributed by atoms with Gasteiger partial charge in [0.25, 0.3) is 0 Å². The lowest BCUT2D eigenvalue weighted by atomic mass is 10.1. The van der Waals surface area contributed by atoms with Gasteiger partial charge in [-0.2, -0.15) is 0 Å². The summed E-state index contributed by atoms with van der Waals surface area (Å²) >= 11 is 0. The van der Waals surface area contributed by atoms with Crippen LogP contribution in [0, 0.1) is 5.92 Å². The van der Waals surface area contributed by atoms with Crippen molar-refractivity contribution in [2.45, 2.75) is 19.5 Å². The zero-order valence-electron chi connectivity index (χ0n) is 10.1. The molecule has 1 aliphatic rings. The lowest BCUT2D eigenvalue weighted by molar-refractivity contribution is 0.242. The first-order valence-electron chi connectivity index (χ1n) is 5.97. The van der Waals surface area contributed by atoms with Crippen molar-refractivity contribution in [1.82, 2.24) is 10.2 Å². The van der Waals surface area contributed by atoms with E-state index in [0.717, 1.165) is 19.6 Å². The topological polar surface area (TPSA) is 58.4 Å². The number of nitrogens with two attached hydrogens (primary N) is 1. The van der Waals surface area contributed by atoms with Crippen molar-refractivity contribution in [2.24, 2.45) is 11.7 Å². The third kappa shape index (κ3) is 3.20. The first-order chi connectivity index (χ1) is 8.15. The van der Waals surface area contributed by atoms with Crippen LogP contribution in [0.3, 0.4) is 0 Å². The molecule has 0 radical (unpaired) electrons. The van der Waals surface area contributed by atoms with E-state index in [1.54, 1.807) is 0 Å². The summed E-state index contributed by atoms with van der Waals surface area (Å²) in [7, 11) is 0. The van der Waals surface area contributed by atoms with Crippen molar-refractivity contribution in [3.05, 3.63) is 35.9 Å². The van der Waals surface area contributed by atoms with E-state index in [1.165, 1.54) is 5.56 Å². The minimum atomic E-state index is -0.427. The molecule has 3 N–H and O–H groups in total. The first-order valence-corrected chi connectivity index (χ1v) is 5.97. The standard InChI is InChI=1S/C13H19N3O/c1-10-7-16(9-12(10)15-13(14)17)8-11-5-3-2-4-6-11/h2-6,10,12H,7-9H2,1H3,(H3,14,15,17). The molecule has 0 bridgehead atoms. The molecule has 0 saturated carbocycles. The van der Waals surface area contributed by atoms with E-state index in [-0.39, 0.29) is 6.04 Å². The van der Waals surface area contributed by atoms with Gasteiger partial charge >= 0.3 is 6.03 Å². The molecule has 2 unspecified atom stereocenters. The Morgan fingerprint density at radius 1 is 1.41 bits per heavy atom. The Bertz CT molecular complexity index is 380. The van der Waals surface area contributed by atoms with Crippen LogP contribution in [0.1, 0.15) is 12.5 Å². The van der Waals surface area contributed by atoms with E-state index in [4.69, 9.17) is 5.73 Å². The summed E-state index contributed by atoms with van der Waals surface area (Å²) in [5.74, 6) is 0.450. The minimum absolute atomic E-state index is 0.177. The summed E-state index contributed by atoms with van der Waals surface area (Å²) in [4.78, 5) is 13.2. The lowest BCUT2D eigenvalue weighted by Crippen LogP contribution is -2.42. The van der Waals surface area contributed by atoms with E-state index in [2.05, 4.69) is 29.3 Å². The maximum atomic E-state index is 10.9. The van der Waals surface area contributed by atoms with Gasteiger partial charge in [0, 0.05) is 25.7 Å². The van der Waals surface area contributed by atoms with E-state index in [1.807, 2.05) is 18.2 Å². The molecule has 2 atom stereocenters. The molecule has 17 heavy (non-hydrogen) atoms. The SMILES string of the molecule is CC1CN(Cc2ccccc2)CC1NC(N)=O. The van der Waals surface area contributed by atoms with Gasteiger partial charge in [0.05, 0.1) is 0 Å². The average molecular weight is 233 g/mol.